The maximum atomic E-state index is 6.24. The zero-order valence-corrected chi connectivity index (χ0v) is 38.0. The van der Waals surface area contributed by atoms with Crippen molar-refractivity contribution in [3.63, 3.8) is 0 Å². The van der Waals surface area contributed by atoms with Gasteiger partial charge in [0.05, 0.1) is 11.3 Å². The molecule has 0 saturated heterocycles. The van der Waals surface area contributed by atoms with Gasteiger partial charge in [-0.2, -0.15) is 0 Å². The number of aromatic nitrogens is 3. The van der Waals surface area contributed by atoms with E-state index in [9.17, 15) is 0 Å². The summed E-state index contributed by atoms with van der Waals surface area (Å²) in [5.41, 5.74) is 11.6. The van der Waals surface area contributed by atoms with Crippen molar-refractivity contribution in [2.45, 2.75) is 84.0 Å². The van der Waals surface area contributed by atoms with E-state index < -0.39 is 13.3 Å². The molecule has 281 valence electrons. The SMILES string of the molecule is CC(C)Cc1cc(-c2[c-]ccc(C(C)(C)C)c2)nc[c]1[Ge]([CH3])([CH3])[CH3].CC(C)Cc1ccnc(-c2[c-]ccc3c2oc2nc(-c4ccccc4)ccc23)c1.[Ir]. The summed E-state index contributed by atoms with van der Waals surface area (Å²) in [6, 6.07) is 38.0. The van der Waals surface area contributed by atoms with Gasteiger partial charge in [0, 0.05) is 37.3 Å². The molecule has 0 saturated carbocycles. The number of rotatable bonds is 8. The maximum absolute atomic E-state index is 6.24. The molecule has 0 unspecified atom stereocenters. The van der Waals surface area contributed by atoms with Gasteiger partial charge in [-0.15, -0.1) is 18.2 Å². The predicted octanol–water partition coefficient (Wildman–Crippen LogP) is 12.3. The monoisotopic (exact) mass is 954 g/mol. The number of hydrogen-bond acceptors (Lipinski definition) is 4. The van der Waals surface area contributed by atoms with Gasteiger partial charge in [-0.05, 0) is 36.2 Å². The van der Waals surface area contributed by atoms with Crippen molar-refractivity contribution < 1.29 is 24.5 Å². The first-order valence-electron chi connectivity index (χ1n) is 18.9. The largest absolute Gasteiger partial charge is 0.486 e. The Morgan fingerprint density at radius 1 is 0.722 bits per heavy atom. The van der Waals surface area contributed by atoms with Gasteiger partial charge in [0.25, 0.3) is 0 Å². The number of pyridine rings is 3. The van der Waals surface area contributed by atoms with E-state index >= 15 is 0 Å². The molecule has 54 heavy (non-hydrogen) atoms. The van der Waals surface area contributed by atoms with Crippen molar-refractivity contribution in [2.75, 3.05) is 0 Å². The molecule has 0 amide bonds. The average molecular weight is 953 g/mol. The van der Waals surface area contributed by atoms with Gasteiger partial charge in [0.2, 0.25) is 5.71 Å². The molecule has 6 heteroatoms. The quantitative estimate of drug-likeness (QED) is 0.112. The van der Waals surface area contributed by atoms with Crippen LogP contribution >= 0.6 is 0 Å². The summed E-state index contributed by atoms with van der Waals surface area (Å²) in [5, 5.41) is 2.05. The van der Waals surface area contributed by atoms with Crippen molar-refractivity contribution in [3.05, 3.63) is 132 Å². The number of furan rings is 1. The first-order valence-corrected chi connectivity index (χ1v) is 26.3. The molecule has 4 nitrogen and oxygen atoms in total. The topological polar surface area (TPSA) is 51.8 Å². The molecule has 0 atom stereocenters. The Morgan fingerprint density at radius 2 is 1.44 bits per heavy atom. The molecule has 4 heterocycles. The Bertz CT molecular complexity index is 2330. The first-order chi connectivity index (χ1) is 25.2. The van der Waals surface area contributed by atoms with E-state index in [4.69, 9.17) is 14.4 Å². The maximum Gasteiger partial charge on any atom is 0.216 e. The van der Waals surface area contributed by atoms with Crippen LogP contribution in [0.1, 0.15) is 65.2 Å². The Kier molecular flexibility index (Phi) is 13.2. The van der Waals surface area contributed by atoms with Crippen LogP contribution in [-0.4, -0.2) is 28.2 Å². The smallest absolute Gasteiger partial charge is 0.216 e. The molecule has 4 aromatic heterocycles. The van der Waals surface area contributed by atoms with E-state index in [0.29, 0.717) is 17.5 Å². The standard InChI is InChI=1S/C26H21N2O.C22H32GeN.Ir/c1-17(2)15-18-13-14-27-24(16-18)22-10-6-9-20-21-11-12-23(19-7-4-3-5-8-19)28-26(21)29-25(20)22;1-16(2)12-18-14-21(24-15-20(18)23(6,7)8)17-10-9-11-19(13-17)22(3,4)5;/h3-9,11-14,16-17H,15H2,1-2H3;9,11,13-16H,12H2,1-8H3;/q2*-1;. The molecule has 0 N–H and O–H groups in total. The van der Waals surface area contributed by atoms with E-state index in [-0.39, 0.29) is 25.5 Å². The van der Waals surface area contributed by atoms with Crippen molar-refractivity contribution in [1.82, 2.24) is 15.0 Å². The second kappa shape index (κ2) is 17.3. The molecule has 0 bridgehead atoms. The zero-order valence-electron chi connectivity index (χ0n) is 33.5. The van der Waals surface area contributed by atoms with Crippen LogP contribution in [0.4, 0.5) is 0 Å². The predicted molar refractivity (Wildman–Crippen MR) is 226 cm³/mol. The van der Waals surface area contributed by atoms with Gasteiger partial charge in [0.15, 0.2) is 0 Å². The van der Waals surface area contributed by atoms with Crippen molar-refractivity contribution >= 4 is 39.7 Å². The third-order valence-electron chi connectivity index (χ3n) is 9.46. The number of benzene rings is 3. The number of hydrogen-bond donors (Lipinski definition) is 0. The Hall–Kier alpha value is -3.90. The summed E-state index contributed by atoms with van der Waals surface area (Å²) in [6.45, 7) is 15.8. The number of fused-ring (bicyclic) bond motifs is 3. The molecule has 0 fully saturated rings. The van der Waals surface area contributed by atoms with Crippen LogP contribution in [-0.2, 0) is 38.4 Å². The summed E-state index contributed by atoms with van der Waals surface area (Å²) < 4.78 is 7.78. The molecule has 3 aromatic carbocycles. The number of nitrogens with zero attached hydrogens (tertiary/aromatic N) is 3. The third kappa shape index (κ3) is 9.85. The van der Waals surface area contributed by atoms with Crippen molar-refractivity contribution in [3.8, 4) is 33.8 Å². The molecular formula is C48H53GeIrN3O-2. The van der Waals surface area contributed by atoms with E-state index in [2.05, 4.69) is 138 Å². The second-order valence-corrected chi connectivity index (χ2v) is 27.6. The summed E-state index contributed by atoms with van der Waals surface area (Å²) >= 11 is -1.91. The van der Waals surface area contributed by atoms with E-state index in [1.165, 1.54) is 16.7 Å². The van der Waals surface area contributed by atoms with Crippen LogP contribution in [0.5, 0.6) is 0 Å². The van der Waals surface area contributed by atoms with Gasteiger partial charge in [-0.1, -0.05) is 66.8 Å². The fourth-order valence-electron chi connectivity index (χ4n) is 6.80. The molecule has 0 aliphatic heterocycles. The molecule has 0 aliphatic carbocycles. The third-order valence-corrected chi connectivity index (χ3v) is 13.8. The molecular weight excluding hydrogens is 899 g/mol. The van der Waals surface area contributed by atoms with Crippen LogP contribution in [0.3, 0.4) is 0 Å². The summed E-state index contributed by atoms with van der Waals surface area (Å²) in [7, 11) is 0. The minimum absolute atomic E-state index is 0. The average Bonchev–Trinajstić information content (AvgIpc) is 3.49. The van der Waals surface area contributed by atoms with E-state index in [0.717, 1.165) is 63.0 Å². The van der Waals surface area contributed by atoms with Crippen LogP contribution < -0.4 is 4.40 Å². The molecule has 0 spiro atoms. The Balaban J connectivity index is 0.000000208. The van der Waals surface area contributed by atoms with Gasteiger partial charge >= 0.3 is 151 Å². The minimum atomic E-state index is -1.91. The summed E-state index contributed by atoms with van der Waals surface area (Å²) in [6.07, 6.45) is 6.18. The van der Waals surface area contributed by atoms with Crippen LogP contribution in [0, 0.1) is 24.0 Å². The van der Waals surface area contributed by atoms with E-state index in [1.54, 1.807) is 4.40 Å². The summed E-state index contributed by atoms with van der Waals surface area (Å²) in [5.74, 6) is 8.61. The molecule has 0 aliphatic rings. The van der Waals surface area contributed by atoms with Gasteiger partial charge in [-0.3, -0.25) is 0 Å². The molecule has 1 radical (unpaired) electrons. The normalized spacial score (nSPS) is 11.9. The Morgan fingerprint density at radius 3 is 2.13 bits per heavy atom. The van der Waals surface area contributed by atoms with Crippen LogP contribution in [0.15, 0.2) is 108 Å². The first kappa shape index (κ1) is 41.3. The second-order valence-electron chi connectivity index (χ2n) is 17.1. The van der Waals surface area contributed by atoms with Crippen LogP contribution in [0.2, 0.25) is 17.3 Å². The molecule has 7 rings (SSSR count). The van der Waals surface area contributed by atoms with E-state index in [1.807, 2.05) is 48.7 Å². The van der Waals surface area contributed by atoms with Crippen molar-refractivity contribution in [1.29, 1.82) is 0 Å². The van der Waals surface area contributed by atoms with Gasteiger partial charge in [-0.25, -0.2) is 4.98 Å². The minimum Gasteiger partial charge on any atom is -0.486 e. The van der Waals surface area contributed by atoms with Crippen LogP contribution in [0.25, 0.3) is 55.8 Å². The van der Waals surface area contributed by atoms with Gasteiger partial charge in [0.1, 0.15) is 0 Å². The fraction of sp³-hybridized carbons (Fsp3) is 0.312. The fourth-order valence-corrected chi connectivity index (χ4v) is 10.1. The zero-order chi connectivity index (χ0) is 37.9. The van der Waals surface area contributed by atoms with Crippen molar-refractivity contribution in [2.24, 2.45) is 11.8 Å². The van der Waals surface area contributed by atoms with Gasteiger partial charge < -0.3 is 9.40 Å². The Labute approximate surface area is 339 Å². The summed E-state index contributed by atoms with van der Waals surface area (Å²) in [4.78, 5) is 14.2. The molecule has 7 aromatic rings.